The Labute approximate surface area is 103 Å². The Hall–Kier alpha value is -1.18. The third kappa shape index (κ3) is 2.13. The summed E-state index contributed by atoms with van der Waals surface area (Å²) in [4.78, 5) is 0. The second kappa shape index (κ2) is 3.66. The molecule has 2 aliphatic rings. The maximum Gasteiger partial charge on any atom is 0.142 e. The van der Waals surface area contributed by atoms with Crippen molar-refractivity contribution in [3.63, 3.8) is 0 Å². The minimum atomic E-state index is 0.198. The Morgan fingerprint density at radius 3 is 2.65 bits per heavy atom. The lowest BCUT2D eigenvalue weighted by Gasteiger charge is -2.29. The van der Waals surface area contributed by atoms with E-state index in [9.17, 15) is 0 Å². The van der Waals surface area contributed by atoms with Crippen molar-refractivity contribution in [2.24, 2.45) is 5.92 Å². The van der Waals surface area contributed by atoms with E-state index in [1.807, 2.05) is 0 Å². The molecular formula is C15H21NO. The van der Waals surface area contributed by atoms with Crippen molar-refractivity contribution in [1.82, 2.24) is 0 Å². The normalized spacial score (nSPS) is 23.6. The zero-order chi connectivity index (χ0) is 12.0. The molecule has 0 spiro atoms. The van der Waals surface area contributed by atoms with Crippen LogP contribution in [0.15, 0.2) is 18.2 Å². The van der Waals surface area contributed by atoms with Gasteiger partial charge in [-0.05, 0) is 41.9 Å². The summed E-state index contributed by atoms with van der Waals surface area (Å²) in [5.74, 6) is 1.84. The summed E-state index contributed by atoms with van der Waals surface area (Å²) in [6.07, 6.45) is 2.71. The summed E-state index contributed by atoms with van der Waals surface area (Å²) in [5, 5.41) is 3.65. The zero-order valence-corrected chi connectivity index (χ0v) is 10.9. The Kier molecular flexibility index (Phi) is 2.35. The summed E-state index contributed by atoms with van der Waals surface area (Å²) in [6.45, 7) is 7.57. The van der Waals surface area contributed by atoms with Crippen LogP contribution in [0.5, 0.6) is 5.75 Å². The molecule has 0 amide bonds. The van der Waals surface area contributed by atoms with Crippen molar-refractivity contribution in [2.75, 3.05) is 11.9 Å². The number of hydrogen-bond donors (Lipinski definition) is 1. The van der Waals surface area contributed by atoms with E-state index < -0.39 is 0 Å². The Balaban J connectivity index is 1.88. The standard InChI is InChI=1S/C15H21NO/c1-15(2,3)11-6-7-14-12(8-11)16-13(9-17-14)10-4-5-10/h6-8,10,13,16H,4-5,9H2,1-3H3. The molecule has 1 aromatic carbocycles. The quantitative estimate of drug-likeness (QED) is 0.798. The Bertz CT molecular complexity index is 429. The van der Waals surface area contributed by atoms with Crippen LogP contribution in [0.2, 0.25) is 0 Å². The van der Waals surface area contributed by atoms with Crippen LogP contribution in [-0.2, 0) is 5.41 Å². The summed E-state index contributed by atoms with van der Waals surface area (Å²) < 4.78 is 5.84. The van der Waals surface area contributed by atoms with Gasteiger partial charge in [-0.1, -0.05) is 26.8 Å². The van der Waals surface area contributed by atoms with Crippen LogP contribution in [0.3, 0.4) is 0 Å². The molecule has 0 aromatic heterocycles. The minimum absolute atomic E-state index is 0.198. The lowest BCUT2D eigenvalue weighted by molar-refractivity contribution is 0.272. The molecule has 1 aliphatic heterocycles. The summed E-state index contributed by atoms with van der Waals surface area (Å²) in [5.41, 5.74) is 2.74. The summed E-state index contributed by atoms with van der Waals surface area (Å²) >= 11 is 0. The van der Waals surface area contributed by atoms with Crippen LogP contribution >= 0.6 is 0 Å². The van der Waals surface area contributed by atoms with E-state index in [1.54, 1.807) is 0 Å². The third-order valence-electron chi connectivity index (χ3n) is 3.80. The van der Waals surface area contributed by atoms with E-state index in [2.05, 4.69) is 44.3 Å². The predicted molar refractivity (Wildman–Crippen MR) is 70.8 cm³/mol. The molecular weight excluding hydrogens is 210 g/mol. The molecule has 0 bridgehead atoms. The predicted octanol–water partition coefficient (Wildman–Crippen LogP) is 3.57. The molecule has 3 rings (SSSR count). The van der Waals surface area contributed by atoms with Crippen molar-refractivity contribution in [3.05, 3.63) is 23.8 Å². The average molecular weight is 231 g/mol. The number of ether oxygens (including phenoxy) is 1. The maximum absolute atomic E-state index is 5.84. The number of anilines is 1. The van der Waals surface area contributed by atoms with Gasteiger partial charge in [-0.3, -0.25) is 0 Å². The van der Waals surface area contributed by atoms with Crippen molar-refractivity contribution < 1.29 is 4.74 Å². The first-order valence-electron chi connectivity index (χ1n) is 6.58. The maximum atomic E-state index is 5.84. The van der Waals surface area contributed by atoms with Crippen molar-refractivity contribution in [1.29, 1.82) is 0 Å². The topological polar surface area (TPSA) is 21.3 Å². The van der Waals surface area contributed by atoms with E-state index in [0.717, 1.165) is 18.3 Å². The fourth-order valence-corrected chi connectivity index (χ4v) is 2.41. The first-order chi connectivity index (χ1) is 8.04. The number of nitrogens with one attached hydrogen (secondary N) is 1. The zero-order valence-electron chi connectivity index (χ0n) is 10.9. The summed E-state index contributed by atoms with van der Waals surface area (Å²) in [7, 11) is 0. The van der Waals surface area contributed by atoms with Gasteiger partial charge in [0.05, 0.1) is 11.7 Å². The van der Waals surface area contributed by atoms with Crippen LogP contribution in [0.25, 0.3) is 0 Å². The molecule has 0 saturated heterocycles. The van der Waals surface area contributed by atoms with E-state index >= 15 is 0 Å². The highest BCUT2D eigenvalue weighted by Gasteiger charge is 2.34. The van der Waals surface area contributed by atoms with Crippen molar-refractivity contribution in [3.8, 4) is 5.75 Å². The fraction of sp³-hybridized carbons (Fsp3) is 0.600. The lowest BCUT2D eigenvalue weighted by atomic mass is 9.86. The van der Waals surface area contributed by atoms with E-state index in [4.69, 9.17) is 4.74 Å². The molecule has 2 nitrogen and oxygen atoms in total. The Morgan fingerprint density at radius 2 is 2.00 bits per heavy atom. The van der Waals surface area contributed by atoms with Gasteiger partial charge in [-0.25, -0.2) is 0 Å². The molecule has 1 atom stereocenters. The largest absolute Gasteiger partial charge is 0.489 e. The molecule has 1 fully saturated rings. The molecule has 1 aliphatic carbocycles. The van der Waals surface area contributed by atoms with Gasteiger partial charge < -0.3 is 10.1 Å². The van der Waals surface area contributed by atoms with Crippen LogP contribution in [-0.4, -0.2) is 12.6 Å². The van der Waals surface area contributed by atoms with E-state index in [0.29, 0.717) is 6.04 Å². The van der Waals surface area contributed by atoms with Gasteiger partial charge in [0.25, 0.3) is 0 Å². The van der Waals surface area contributed by atoms with Crippen LogP contribution in [0.1, 0.15) is 39.2 Å². The number of fused-ring (bicyclic) bond motifs is 1. The average Bonchev–Trinajstić information content (AvgIpc) is 3.10. The molecule has 92 valence electrons. The summed E-state index contributed by atoms with van der Waals surface area (Å²) in [6, 6.07) is 7.06. The second-order valence-electron chi connectivity index (χ2n) is 6.36. The van der Waals surface area contributed by atoms with Gasteiger partial charge >= 0.3 is 0 Å². The van der Waals surface area contributed by atoms with E-state index in [1.165, 1.54) is 24.1 Å². The van der Waals surface area contributed by atoms with Crippen LogP contribution < -0.4 is 10.1 Å². The SMILES string of the molecule is CC(C)(C)c1ccc2c(c1)NC(C1CC1)CO2. The van der Waals surface area contributed by atoms with Crippen LogP contribution in [0.4, 0.5) is 5.69 Å². The molecule has 17 heavy (non-hydrogen) atoms. The number of hydrogen-bond acceptors (Lipinski definition) is 2. The highest BCUT2D eigenvalue weighted by molar-refractivity contribution is 5.61. The van der Waals surface area contributed by atoms with Gasteiger partial charge in [0.15, 0.2) is 0 Å². The van der Waals surface area contributed by atoms with Gasteiger partial charge in [0.1, 0.15) is 12.4 Å². The molecule has 0 radical (unpaired) electrons. The van der Waals surface area contributed by atoms with Gasteiger partial charge in [0.2, 0.25) is 0 Å². The molecule has 1 aromatic rings. The molecule has 1 heterocycles. The second-order valence-corrected chi connectivity index (χ2v) is 6.36. The van der Waals surface area contributed by atoms with Gasteiger partial charge in [-0.15, -0.1) is 0 Å². The minimum Gasteiger partial charge on any atom is -0.489 e. The molecule has 1 N–H and O–H groups in total. The highest BCUT2D eigenvalue weighted by atomic mass is 16.5. The monoisotopic (exact) mass is 231 g/mol. The van der Waals surface area contributed by atoms with Crippen molar-refractivity contribution in [2.45, 2.75) is 45.1 Å². The molecule has 1 unspecified atom stereocenters. The molecule has 2 heteroatoms. The Morgan fingerprint density at radius 1 is 1.24 bits per heavy atom. The smallest absolute Gasteiger partial charge is 0.142 e. The highest BCUT2D eigenvalue weighted by Crippen LogP contribution is 2.40. The molecule has 1 saturated carbocycles. The third-order valence-corrected chi connectivity index (χ3v) is 3.80. The number of rotatable bonds is 1. The van der Waals surface area contributed by atoms with E-state index in [-0.39, 0.29) is 5.41 Å². The first-order valence-corrected chi connectivity index (χ1v) is 6.58. The van der Waals surface area contributed by atoms with Crippen LogP contribution in [0, 0.1) is 5.92 Å². The van der Waals surface area contributed by atoms with Gasteiger partial charge in [0, 0.05) is 0 Å². The first kappa shape index (κ1) is 10.9. The van der Waals surface area contributed by atoms with Crippen molar-refractivity contribution >= 4 is 5.69 Å². The lowest BCUT2D eigenvalue weighted by Crippen LogP contribution is -2.33. The van der Waals surface area contributed by atoms with Gasteiger partial charge in [-0.2, -0.15) is 0 Å². The fourth-order valence-electron chi connectivity index (χ4n) is 2.41. The number of benzene rings is 1.